The summed E-state index contributed by atoms with van der Waals surface area (Å²) in [7, 11) is 0. The van der Waals surface area contributed by atoms with Crippen molar-refractivity contribution < 1.29 is 19.4 Å². The van der Waals surface area contributed by atoms with E-state index in [2.05, 4.69) is 43.9 Å². The predicted molar refractivity (Wildman–Crippen MR) is 129 cm³/mol. The smallest absolute Gasteiger partial charge is 0.333 e. The molecule has 32 heavy (non-hydrogen) atoms. The molecule has 4 nitrogen and oxygen atoms in total. The molecular formula is C28H38O4. The average Bonchev–Trinajstić information content (AvgIpc) is 2.81. The van der Waals surface area contributed by atoms with Crippen LogP contribution in [0, 0.1) is 11.8 Å². The van der Waals surface area contributed by atoms with Gasteiger partial charge in [0.15, 0.2) is 0 Å². The number of hydrogen-bond donors (Lipinski definition) is 1. The lowest BCUT2D eigenvalue weighted by Crippen LogP contribution is -2.15. The van der Waals surface area contributed by atoms with Crippen molar-refractivity contribution in [2.24, 2.45) is 11.8 Å². The van der Waals surface area contributed by atoms with Gasteiger partial charge >= 0.3 is 5.97 Å². The highest BCUT2D eigenvalue weighted by atomic mass is 16.5. The van der Waals surface area contributed by atoms with Crippen LogP contribution in [0.25, 0.3) is 0 Å². The van der Waals surface area contributed by atoms with Gasteiger partial charge in [-0.05, 0) is 73.6 Å². The molecule has 0 heterocycles. The molecule has 1 aromatic rings. The Bertz CT molecular complexity index is 843. The summed E-state index contributed by atoms with van der Waals surface area (Å²) in [6.45, 7) is 8.24. The number of benzene rings is 1. The fraction of sp³-hybridized carbons (Fsp3) is 0.536. The molecule has 1 saturated carbocycles. The first-order chi connectivity index (χ1) is 15.5. The normalized spacial score (nSPS) is 22.8. The third kappa shape index (κ3) is 6.83. The summed E-state index contributed by atoms with van der Waals surface area (Å²) in [5.74, 6) is 2.42. The number of rotatable bonds is 10. The van der Waals surface area contributed by atoms with Crippen LogP contribution in [0.15, 0.2) is 54.2 Å². The molecule has 0 aromatic heterocycles. The van der Waals surface area contributed by atoms with Crippen molar-refractivity contribution in [3.05, 3.63) is 65.3 Å². The van der Waals surface area contributed by atoms with Crippen molar-refractivity contribution in [1.29, 1.82) is 0 Å². The van der Waals surface area contributed by atoms with E-state index in [0.29, 0.717) is 24.5 Å². The maximum atomic E-state index is 11.6. The molecule has 1 fully saturated rings. The molecule has 0 spiro atoms. The lowest BCUT2D eigenvalue weighted by molar-refractivity contribution is -0.139. The van der Waals surface area contributed by atoms with Gasteiger partial charge in [-0.25, -0.2) is 4.79 Å². The standard InChI is InChI=1S/C28H38O4/c1-20(2)28(30)32-17-4-5-26-19-25(14-15-27(26)31-18-16-29)24-12-10-23(11-13-24)22-8-6-21(3)7-9-22/h10-12,14-15,19,21-22,24,29H,1,4-9,13,16-18H2,2-3H3. The molecule has 4 heteroatoms. The van der Waals surface area contributed by atoms with Crippen LogP contribution in [0.1, 0.15) is 69.4 Å². The number of esters is 1. The monoisotopic (exact) mass is 438 g/mol. The molecule has 2 aliphatic carbocycles. The molecule has 1 unspecified atom stereocenters. The molecule has 2 aliphatic rings. The largest absolute Gasteiger partial charge is 0.491 e. The van der Waals surface area contributed by atoms with Gasteiger partial charge in [0, 0.05) is 11.5 Å². The third-order valence-corrected chi connectivity index (χ3v) is 6.65. The van der Waals surface area contributed by atoms with Crippen molar-refractivity contribution in [2.45, 2.75) is 64.7 Å². The molecule has 3 rings (SSSR count). The van der Waals surface area contributed by atoms with Gasteiger partial charge in [0.05, 0.1) is 13.2 Å². The summed E-state index contributed by atoms with van der Waals surface area (Å²) < 4.78 is 11.0. The summed E-state index contributed by atoms with van der Waals surface area (Å²) in [6.07, 6.45) is 15.0. The average molecular weight is 439 g/mol. The topological polar surface area (TPSA) is 55.8 Å². The van der Waals surface area contributed by atoms with E-state index in [-0.39, 0.29) is 19.2 Å². The highest BCUT2D eigenvalue weighted by molar-refractivity contribution is 5.86. The Morgan fingerprint density at radius 1 is 1.19 bits per heavy atom. The second-order valence-electron chi connectivity index (χ2n) is 9.32. The van der Waals surface area contributed by atoms with Crippen LogP contribution >= 0.6 is 0 Å². The van der Waals surface area contributed by atoms with Gasteiger partial charge in [-0.1, -0.05) is 56.7 Å². The Morgan fingerprint density at radius 2 is 1.97 bits per heavy atom. The molecule has 0 radical (unpaired) electrons. The van der Waals surface area contributed by atoms with Crippen molar-refractivity contribution in [1.82, 2.24) is 0 Å². The lowest BCUT2D eigenvalue weighted by atomic mass is 9.76. The fourth-order valence-electron chi connectivity index (χ4n) is 4.65. The summed E-state index contributed by atoms with van der Waals surface area (Å²) in [5, 5.41) is 9.14. The first kappa shape index (κ1) is 24.3. The number of carbonyl (C=O) groups is 1. The van der Waals surface area contributed by atoms with Gasteiger partial charge in [-0.3, -0.25) is 0 Å². The Hall–Kier alpha value is -2.33. The molecule has 174 valence electrons. The molecule has 1 atom stereocenters. The van der Waals surface area contributed by atoms with E-state index in [0.717, 1.165) is 36.0 Å². The number of allylic oxidation sites excluding steroid dienone is 4. The Balaban J connectivity index is 1.62. The van der Waals surface area contributed by atoms with Crippen molar-refractivity contribution in [2.75, 3.05) is 19.8 Å². The second-order valence-corrected chi connectivity index (χ2v) is 9.32. The van der Waals surface area contributed by atoms with Gasteiger partial charge in [0.2, 0.25) is 0 Å². The third-order valence-electron chi connectivity index (χ3n) is 6.65. The van der Waals surface area contributed by atoms with Crippen LogP contribution < -0.4 is 4.74 Å². The minimum atomic E-state index is -0.349. The van der Waals surface area contributed by atoms with Gasteiger partial charge in [-0.15, -0.1) is 0 Å². The zero-order valence-electron chi connectivity index (χ0n) is 19.6. The van der Waals surface area contributed by atoms with E-state index in [4.69, 9.17) is 14.6 Å². The summed E-state index contributed by atoms with van der Waals surface area (Å²) in [5.41, 5.74) is 4.31. The number of ether oxygens (including phenoxy) is 2. The van der Waals surface area contributed by atoms with Crippen molar-refractivity contribution in [3.63, 3.8) is 0 Å². The number of aliphatic hydroxyl groups excluding tert-OH is 1. The summed E-state index contributed by atoms with van der Waals surface area (Å²) in [6, 6.07) is 6.35. The van der Waals surface area contributed by atoms with Crippen LogP contribution in [-0.4, -0.2) is 30.9 Å². The van der Waals surface area contributed by atoms with Crippen LogP contribution in [0.2, 0.25) is 0 Å². The van der Waals surface area contributed by atoms with E-state index in [9.17, 15) is 4.79 Å². The maximum Gasteiger partial charge on any atom is 0.333 e. The van der Waals surface area contributed by atoms with Crippen LogP contribution in [-0.2, 0) is 16.0 Å². The quantitative estimate of drug-likeness (QED) is 0.280. The zero-order valence-corrected chi connectivity index (χ0v) is 19.6. The van der Waals surface area contributed by atoms with Crippen LogP contribution in [0.4, 0.5) is 0 Å². The van der Waals surface area contributed by atoms with Gasteiger partial charge in [0.25, 0.3) is 0 Å². The maximum absolute atomic E-state index is 11.6. The minimum absolute atomic E-state index is 0.0176. The SMILES string of the molecule is C=C(C)C(=O)OCCCc1cc(C2C=CC(C3CCC(C)CC3)=CC2)ccc1OCCO. The Morgan fingerprint density at radius 3 is 2.62 bits per heavy atom. The lowest BCUT2D eigenvalue weighted by Gasteiger charge is -2.29. The van der Waals surface area contributed by atoms with E-state index >= 15 is 0 Å². The molecule has 0 amide bonds. The van der Waals surface area contributed by atoms with E-state index in [1.165, 1.54) is 36.8 Å². The number of aliphatic hydroxyl groups is 1. The van der Waals surface area contributed by atoms with E-state index < -0.39 is 0 Å². The molecule has 1 aromatic carbocycles. The zero-order chi connectivity index (χ0) is 22.9. The van der Waals surface area contributed by atoms with Gasteiger partial charge < -0.3 is 14.6 Å². The summed E-state index contributed by atoms with van der Waals surface area (Å²) in [4.78, 5) is 11.6. The van der Waals surface area contributed by atoms with Crippen LogP contribution in [0.5, 0.6) is 5.75 Å². The minimum Gasteiger partial charge on any atom is -0.491 e. The number of hydrogen-bond acceptors (Lipinski definition) is 4. The molecule has 1 N–H and O–H groups in total. The summed E-state index contributed by atoms with van der Waals surface area (Å²) >= 11 is 0. The second kappa shape index (κ2) is 12.1. The molecule has 0 aliphatic heterocycles. The Labute approximate surface area is 193 Å². The number of aryl methyl sites for hydroxylation is 1. The van der Waals surface area contributed by atoms with E-state index in [1.54, 1.807) is 6.92 Å². The van der Waals surface area contributed by atoms with Crippen molar-refractivity contribution >= 4 is 5.97 Å². The molecule has 0 saturated heterocycles. The fourth-order valence-corrected chi connectivity index (χ4v) is 4.65. The highest BCUT2D eigenvalue weighted by Crippen LogP contribution is 2.38. The van der Waals surface area contributed by atoms with Crippen LogP contribution in [0.3, 0.4) is 0 Å². The Kier molecular flexibility index (Phi) is 9.16. The molecular weight excluding hydrogens is 400 g/mol. The first-order valence-electron chi connectivity index (χ1n) is 12.0. The predicted octanol–water partition coefficient (Wildman–Crippen LogP) is 5.91. The number of carbonyl (C=O) groups excluding carboxylic acids is 1. The highest BCUT2D eigenvalue weighted by Gasteiger charge is 2.22. The van der Waals surface area contributed by atoms with Gasteiger partial charge in [-0.2, -0.15) is 0 Å². The van der Waals surface area contributed by atoms with E-state index in [1.807, 2.05) is 6.07 Å². The first-order valence-corrected chi connectivity index (χ1v) is 12.0. The van der Waals surface area contributed by atoms with Crippen molar-refractivity contribution in [3.8, 4) is 5.75 Å². The van der Waals surface area contributed by atoms with Gasteiger partial charge in [0.1, 0.15) is 12.4 Å². The molecule has 0 bridgehead atoms.